The van der Waals surface area contributed by atoms with Gasteiger partial charge < -0.3 is 15.5 Å². The molecule has 0 aliphatic carbocycles. The van der Waals surface area contributed by atoms with E-state index in [0.29, 0.717) is 17.9 Å². The van der Waals surface area contributed by atoms with Crippen LogP contribution in [0.1, 0.15) is 25.8 Å². The number of ether oxygens (including phenoxy) is 1. The molecule has 0 aliphatic rings. The lowest BCUT2D eigenvalue weighted by Gasteiger charge is -2.17. The topological polar surface area (TPSA) is 81.0 Å². The molecule has 1 atom stereocenters. The van der Waals surface area contributed by atoms with E-state index in [4.69, 9.17) is 10.5 Å². The number of aromatic nitrogens is 2. The van der Waals surface area contributed by atoms with Crippen LogP contribution >= 0.6 is 0 Å². The fourth-order valence-electron chi connectivity index (χ4n) is 3.04. The highest BCUT2D eigenvalue weighted by atomic mass is 16.5. The van der Waals surface area contributed by atoms with Gasteiger partial charge in [0.05, 0.1) is 10.9 Å². The van der Waals surface area contributed by atoms with E-state index in [9.17, 15) is 4.79 Å². The minimum Gasteiger partial charge on any atom is -0.492 e. The average Bonchev–Trinajstić information content (AvgIpc) is 2.53. The number of hydrogen-bond donors (Lipinski definition) is 2. The third kappa shape index (κ3) is 3.26. The highest BCUT2D eigenvalue weighted by Crippen LogP contribution is 2.28. The Kier molecular flexibility index (Phi) is 4.53. The van der Waals surface area contributed by atoms with E-state index in [1.54, 1.807) is 12.4 Å². The number of aryl methyl sites for hydroxylation is 1. The molecule has 3 aromatic rings. The Morgan fingerprint density at radius 2 is 2.04 bits per heavy atom. The van der Waals surface area contributed by atoms with Crippen molar-refractivity contribution in [2.24, 2.45) is 11.7 Å². The molecule has 2 aromatic heterocycles. The second-order valence-corrected chi connectivity index (χ2v) is 6.74. The fraction of sp³-hybridized carbons (Fsp3) is 0.368. The number of nitrogens with zero attached hydrogens (tertiary/aromatic N) is 1. The van der Waals surface area contributed by atoms with Crippen LogP contribution in [0.3, 0.4) is 0 Å². The summed E-state index contributed by atoms with van der Waals surface area (Å²) in [7, 11) is 0. The Hall–Kier alpha value is -2.40. The molecule has 126 valence electrons. The number of rotatable bonds is 5. The highest BCUT2D eigenvalue weighted by Gasteiger charge is 2.11. The highest BCUT2D eigenvalue weighted by molar-refractivity contribution is 6.05. The van der Waals surface area contributed by atoms with Gasteiger partial charge in [-0.3, -0.25) is 9.78 Å². The molecule has 24 heavy (non-hydrogen) atoms. The summed E-state index contributed by atoms with van der Waals surface area (Å²) in [6.07, 6.45) is 4.21. The van der Waals surface area contributed by atoms with E-state index in [0.717, 1.165) is 34.0 Å². The molecule has 0 saturated carbocycles. The summed E-state index contributed by atoms with van der Waals surface area (Å²) in [5.74, 6) is 1.29. The minimum atomic E-state index is -0.142. The molecule has 1 aromatic carbocycles. The van der Waals surface area contributed by atoms with E-state index in [1.807, 2.05) is 25.1 Å². The molecule has 0 spiro atoms. The Morgan fingerprint density at radius 3 is 2.79 bits per heavy atom. The van der Waals surface area contributed by atoms with E-state index in [2.05, 4.69) is 23.8 Å². The van der Waals surface area contributed by atoms with Crippen LogP contribution in [0.5, 0.6) is 5.75 Å². The number of fused-ring (bicyclic) bond motifs is 3. The van der Waals surface area contributed by atoms with E-state index < -0.39 is 0 Å². The summed E-state index contributed by atoms with van der Waals surface area (Å²) in [6.45, 7) is 6.75. The lowest BCUT2D eigenvalue weighted by atomic mass is 10.0. The summed E-state index contributed by atoms with van der Waals surface area (Å²) >= 11 is 0. The first-order valence-corrected chi connectivity index (χ1v) is 8.24. The number of nitrogens with one attached hydrogen (secondary N) is 1. The quantitative estimate of drug-likeness (QED) is 0.706. The van der Waals surface area contributed by atoms with Crippen molar-refractivity contribution in [3.63, 3.8) is 0 Å². The Morgan fingerprint density at radius 1 is 1.25 bits per heavy atom. The molecule has 5 heteroatoms. The number of aromatic amines is 1. The second-order valence-electron chi connectivity index (χ2n) is 6.74. The van der Waals surface area contributed by atoms with Crippen LogP contribution in [-0.4, -0.2) is 22.6 Å². The van der Waals surface area contributed by atoms with Gasteiger partial charge in [-0.1, -0.05) is 13.8 Å². The van der Waals surface area contributed by atoms with Crippen molar-refractivity contribution >= 4 is 21.7 Å². The summed E-state index contributed by atoms with van der Waals surface area (Å²) in [5.41, 5.74) is 7.73. The molecular formula is C19H23N3O2. The molecule has 5 nitrogen and oxygen atoms in total. The smallest absolute Gasteiger partial charge is 0.257 e. The molecule has 1 unspecified atom stereocenters. The molecule has 3 rings (SSSR count). The maximum atomic E-state index is 12.2. The van der Waals surface area contributed by atoms with Gasteiger partial charge in [-0.25, -0.2) is 0 Å². The molecule has 0 fully saturated rings. The van der Waals surface area contributed by atoms with Gasteiger partial charge in [0.1, 0.15) is 12.4 Å². The third-order valence-corrected chi connectivity index (χ3v) is 4.15. The van der Waals surface area contributed by atoms with Crippen molar-refractivity contribution in [2.75, 3.05) is 6.61 Å². The molecule has 2 heterocycles. The van der Waals surface area contributed by atoms with Crippen LogP contribution in [-0.2, 0) is 0 Å². The number of benzene rings is 1. The van der Waals surface area contributed by atoms with Gasteiger partial charge in [0.2, 0.25) is 0 Å². The normalized spacial score (nSPS) is 12.9. The summed E-state index contributed by atoms with van der Waals surface area (Å²) < 4.78 is 5.90. The SMILES string of the molecule is Cc1cc2c(cc1OCC(N)CC(C)C)[nH]c(=O)c1cnccc12. The third-order valence-electron chi connectivity index (χ3n) is 4.15. The first kappa shape index (κ1) is 16.5. The van der Waals surface area contributed by atoms with Crippen LogP contribution < -0.4 is 16.0 Å². The zero-order chi connectivity index (χ0) is 17.3. The summed E-state index contributed by atoms with van der Waals surface area (Å²) in [4.78, 5) is 19.2. The van der Waals surface area contributed by atoms with E-state index in [1.165, 1.54) is 0 Å². The largest absolute Gasteiger partial charge is 0.492 e. The standard InChI is InChI=1S/C19H23N3O2/c1-11(2)6-13(20)10-24-18-8-17-15(7-12(18)3)14-4-5-21-9-16(14)19(23)22-17/h4-5,7-9,11,13H,6,10,20H2,1-3H3,(H,22,23). The van der Waals surface area contributed by atoms with Gasteiger partial charge in [0, 0.05) is 29.9 Å². The first-order valence-electron chi connectivity index (χ1n) is 8.24. The van der Waals surface area contributed by atoms with Crippen molar-refractivity contribution < 1.29 is 4.74 Å². The molecule has 0 saturated heterocycles. The maximum absolute atomic E-state index is 12.2. The summed E-state index contributed by atoms with van der Waals surface area (Å²) in [5, 5.41) is 2.48. The first-order chi connectivity index (χ1) is 11.5. The maximum Gasteiger partial charge on any atom is 0.257 e. The van der Waals surface area contributed by atoms with Gasteiger partial charge in [0.25, 0.3) is 5.56 Å². The molecule has 0 aliphatic heterocycles. The van der Waals surface area contributed by atoms with Crippen LogP contribution in [0.2, 0.25) is 0 Å². The Bertz CT molecular complexity index is 931. The van der Waals surface area contributed by atoms with E-state index in [-0.39, 0.29) is 11.6 Å². The molecule has 3 N–H and O–H groups in total. The second kappa shape index (κ2) is 6.61. The number of pyridine rings is 2. The lowest BCUT2D eigenvalue weighted by Crippen LogP contribution is -2.29. The van der Waals surface area contributed by atoms with Crippen molar-refractivity contribution in [1.82, 2.24) is 9.97 Å². The van der Waals surface area contributed by atoms with Crippen molar-refractivity contribution in [3.8, 4) is 5.75 Å². The van der Waals surface area contributed by atoms with Crippen LogP contribution in [0.4, 0.5) is 0 Å². The molecule has 0 bridgehead atoms. The molecule has 0 amide bonds. The van der Waals surface area contributed by atoms with Crippen LogP contribution in [0.25, 0.3) is 21.7 Å². The zero-order valence-electron chi connectivity index (χ0n) is 14.3. The van der Waals surface area contributed by atoms with Gasteiger partial charge in [-0.15, -0.1) is 0 Å². The van der Waals surface area contributed by atoms with Gasteiger partial charge in [0.15, 0.2) is 0 Å². The lowest BCUT2D eigenvalue weighted by molar-refractivity contribution is 0.270. The Labute approximate surface area is 140 Å². The van der Waals surface area contributed by atoms with Crippen molar-refractivity contribution in [3.05, 3.63) is 46.5 Å². The van der Waals surface area contributed by atoms with Crippen molar-refractivity contribution in [2.45, 2.75) is 33.2 Å². The van der Waals surface area contributed by atoms with Crippen molar-refractivity contribution in [1.29, 1.82) is 0 Å². The van der Waals surface area contributed by atoms with Crippen LogP contribution in [0, 0.1) is 12.8 Å². The number of nitrogens with two attached hydrogens (primary N) is 1. The van der Waals surface area contributed by atoms with E-state index >= 15 is 0 Å². The zero-order valence-corrected chi connectivity index (χ0v) is 14.3. The van der Waals surface area contributed by atoms with Gasteiger partial charge >= 0.3 is 0 Å². The minimum absolute atomic E-state index is 0.00169. The van der Waals surface area contributed by atoms with Gasteiger partial charge in [-0.2, -0.15) is 0 Å². The number of H-pyrrole nitrogens is 1. The fourth-order valence-corrected chi connectivity index (χ4v) is 3.04. The van der Waals surface area contributed by atoms with Gasteiger partial charge in [-0.05, 0) is 42.3 Å². The molecular weight excluding hydrogens is 302 g/mol. The summed E-state index contributed by atoms with van der Waals surface area (Å²) in [6, 6.07) is 5.79. The predicted octanol–water partition coefficient (Wildman–Crippen LogP) is 3.14. The molecule has 0 radical (unpaired) electrons. The monoisotopic (exact) mass is 325 g/mol. The number of hydrogen-bond acceptors (Lipinski definition) is 4. The van der Waals surface area contributed by atoms with Crippen LogP contribution in [0.15, 0.2) is 35.4 Å². The average molecular weight is 325 g/mol. The predicted molar refractivity (Wildman–Crippen MR) is 97.5 cm³/mol. The Balaban J connectivity index is 1.98.